The van der Waals surface area contributed by atoms with Crippen LogP contribution in [0.4, 0.5) is 0 Å². The molecule has 1 aliphatic heterocycles. The molecule has 0 aromatic carbocycles. The van der Waals surface area contributed by atoms with Gasteiger partial charge >= 0.3 is 0 Å². The molecule has 72 valence electrons. The van der Waals surface area contributed by atoms with Crippen LogP contribution in [0.1, 0.15) is 13.3 Å². The number of allylic oxidation sites excluding steroid dienone is 3. The molecule has 0 spiro atoms. The predicted octanol–water partition coefficient (Wildman–Crippen LogP) is 1.47. The van der Waals surface area contributed by atoms with Crippen LogP contribution in [-0.2, 0) is 4.79 Å². The first kappa shape index (κ1) is 9.02. The monoisotopic (exact) mass is 189 g/mol. The molecule has 0 saturated carbocycles. The van der Waals surface area contributed by atoms with E-state index in [0.29, 0.717) is 17.7 Å². The van der Waals surface area contributed by atoms with Gasteiger partial charge in [-0.1, -0.05) is 24.3 Å². The van der Waals surface area contributed by atoms with Crippen LogP contribution < -0.4 is 5.73 Å². The zero-order valence-corrected chi connectivity index (χ0v) is 7.90. The van der Waals surface area contributed by atoms with Gasteiger partial charge in [-0.2, -0.15) is 5.11 Å². The van der Waals surface area contributed by atoms with E-state index < -0.39 is 5.54 Å². The molecule has 2 aliphatic rings. The van der Waals surface area contributed by atoms with Crippen molar-refractivity contribution in [1.29, 1.82) is 0 Å². The smallest absolute Gasteiger partial charge is 0.295 e. The highest BCUT2D eigenvalue weighted by Crippen LogP contribution is 2.30. The van der Waals surface area contributed by atoms with Crippen molar-refractivity contribution in [2.24, 2.45) is 16.0 Å². The van der Waals surface area contributed by atoms with Crippen LogP contribution in [0, 0.1) is 0 Å². The third kappa shape index (κ3) is 1.24. The first-order valence-corrected chi connectivity index (χ1v) is 4.44. The average molecular weight is 189 g/mol. The Balaban J connectivity index is 2.41. The Morgan fingerprint density at radius 2 is 2.21 bits per heavy atom. The largest absolute Gasteiger partial charge is 0.318 e. The minimum Gasteiger partial charge on any atom is -0.318 e. The van der Waals surface area contributed by atoms with E-state index >= 15 is 0 Å². The first-order chi connectivity index (χ1) is 6.63. The summed E-state index contributed by atoms with van der Waals surface area (Å²) < 4.78 is 0. The summed E-state index contributed by atoms with van der Waals surface area (Å²) in [6, 6.07) is 0. The summed E-state index contributed by atoms with van der Waals surface area (Å²) in [5, 5.41) is 7.23. The van der Waals surface area contributed by atoms with E-state index in [4.69, 9.17) is 5.73 Å². The third-order valence-corrected chi connectivity index (χ3v) is 2.43. The van der Waals surface area contributed by atoms with Crippen molar-refractivity contribution in [3.8, 4) is 0 Å². The number of nitrogens with two attached hydrogens (primary N) is 1. The maximum absolute atomic E-state index is 11.4. The second-order valence-corrected chi connectivity index (χ2v) is 3.50. The minimum atomic E-state index is -0.723. The molecular weight excluding hydrogens is 178 g/mol. The molecule has 1 atom stereocenters. The van der Waals surface area contributed by atoms with E-state index in [1.54, 1.807) is 6.92 Å². The Labute approximate surface area is 81.9 Å². The molecule has 0 fully saturated rings. The van der Waals surface area contributed by atoms with Gasteiger partial charge < -0.3 is 5.73 Å². The molecule has 2 rings (SSSR count). The summed E-state index contributed by atoms with van der Waals surface area (Å²) in [6.07, 6.45) is 8.13. The Morgan fingerprint density at radius 3 is 2.71 bits per heavy atom. The maximum atomic E-state index is 11.4. The molecule has 0 radical (unpaired) electrons. The lowest BCUT2D eigenvalue weighted by molar-refractivity contribution is -0.114. The van der Waals surface area contributed by atoms with Crippen LogP contribution in [0.5, 0.6) is 0 Å². The predicted molar refractivity (Wildman–Crippen MR) is 52.4 cm³/mol. The number of rotatable bonds is 1. The molecule has 0 aromatic rings. The van der Waals surface area contributed by atoms with Crippen LogP contribution in [0.3, 0.4) is 0 Å². The lowest BCUT2D eigenvalue weighted by Crippen LogP contribution is -2.42. The highest BCUT2D eigenvalue weighted by molar-refractivity contribution is 5.99. The summed E-state index contributed by atoms with van der Waals surface area (Å²) in [6.45, 7) is 1.75. The fourth-order valence-electron chi connectivity index (χ4n) is 1.73. The van der Waals surface area contributed by atoms with Crippen molar-refractivity contribution >= 4 is 5.91 Å². The summed E-state index contributed by atoms with van der Waals surface area (Å²) in [4.78, 5) is 11.4. The lowest BCUT2D eigenvalue weighted by atomic mass is 9.83. The number of azo groups is 1. The van der Waals surface area contributed by atoms with Gasteiger partial charge in [0.25, 0.3) is 5.91 Å². The van der Waals surface area contributed by atoms with Gasteiger partial charge in [-0.3, -0.25) is 4.79 Å². The fraction of sp³-hybridized carbons (Fsp3) is 0.300. The molecule has 1 aliphatic carbocycles. The van der Waals surface area contributed by atoms with Crippen LogP contribution in [0.2, 0.25) is 0 Å². The highest BCUT2D eigenvalue weighted by atomic mass is 16.2. The van der Waals surface area contributed by atoms with Crippen molar-refractivity contribution in [2.75, 3.05) is 0 Å². The van der Waals surface area contributed by atoms with Gasteiger partial charge in [-0.15, -0.1) is 5.11 Å². The molecule has 1 unspecified atom stereocenters. The van der Waals surface area contributed by atoms with Crippen LogP contribution in [0.15, 0.2) is 45.8 Å². The van der Waals surface area contributed by atoms with E-state index in [1.807, 2.05) is 24.3 Å². The molecule has 0 bridgehead atoms. The first-order valence-electron chi connectivity index (χ1n) is 4.44. The average Bonchev–Trinajstić information content (AvgIpc) is 2.48. The van der Waals surface area contributed by atoms with Gasteiger partial charge in [0.15, 0.2) is 0 Å². The van der Waals surface area contributed by atoms with Crippen molar-refractivity contribution in [1.82, 2.24) is 0 Å². The maximum Gasteiger partial charge on any atom is 0.295 e. The van der Waals surface area contributed by atoms with Gasteiger partial charge in [0.05, 0.1) is 16.8 Å². The molecule has 2 N–H and O–H groups in total. The molecule has 1 heterocycles. The molecule has 0 saturated heterocycles. The minimum absolute atomic E-state index is 0.315. The van der Waals surface area contributed by atoms with E-state index in [2.05, 4.69) is 10.2 Å². The number of amides is 1. The topological polar surface area (TPSA) is 67.8 Å². The molecular formula is C10H11N3O. The Hall–Kier alpha value is -1.55. The number of hydrogen-bond donors (Lipinski definition) is 1. The lowest BCUT2D eigenvalue weighted by Gasteiger charge is -2.26. The summed E-state index contributed by atoms with van der Waals surface area (Å²) in [5.74, 6) is -0.315. The quantitative estimate of drug-likeness (QED) is 0.678. The Morgan fingerprint density at radius 1 is 1.43 bits per heavy atom. The van der Waals surface area contributed by atoms with Gasteiger partial charge in [0.2, 0.25) is 0 Å². The Kier molecular flexibility index (Phi) is 1.93. The van der Waals surface area contributed by atoms with Crippen molar-refractivity contribution in [3.05, 3.63) is 35.6 Å². The summed E-state index contributed by atoms with van der Waals surface area (Å²) in [7, 11) is 0. The van der Waals surface area contributed by atoms with Crippen LogP contribution >= 0.6 is 0 Å². The van der Waals surface area contributed by atoms with E-state index in [0.717, 1.165) is 0 Å². The normalized spacial score (nSPS) is 30.6. The van der Waals surface area contributed by atoms with Crippen molar-refractivity contribution in [2.45, 2.75) is 18.9 Å². The molecule has 4 heteroatoms. The van der Waals surface area contributed by atoms with Crippen molar-refractivity contribution < 1.29 is 4.79 Å². The zero-order valence-electron chi connectivity index (χ0n) is 7.90. The van der Waals surface area contributed by atoms with Gasteiger partial charge in [-0.25, -0.2) is 0 Å². The van der Waals surface area contributed by atoms with Crippen LogP contribution in [-0.4, -0.2) is 11.4 Å². The summed E-state index contributed by atoms with van der Waals surface area (Å²) >= 11 is 0. The molecule has 0 aromatic heterocycles. The summed E-state index contributed by atoms with van der Waals surface area (Å²) in [5.41, 5.74) is 6.52. The van der Waals surface area contributed by atoms with Gasteiger partial charge in [-0.05, 0) is 13.3 Å². The SMILES string of the molecule is CC1=C(C2(N)C=CC=CC2)C(=O)N=N1. The second kappa shape index (κ2) is 2.99. The number of nitrogens with zero attached hydrogens (tertiary/aromatic N) is 2. The number of carbonyl (C=O) groups is 1. The zero-order chi connectivity index (χ0) is 10.2. The molecule has 14 heavy (non-hydrogen) atoms. The Bertz CT molecular complexity index is 404. The molecule has 1 amide bonds. The van der Waals surface area contributed by atoms with Gasteiger partial charge in [0.1, 0.15) is 0 Å². The molecule has 4 nitrogen and oxygen atoms in total. The number of hydrogen-bond acceptors (Lipinski definition) is 3. The highest BCUT2D eigenvalue weighted by Gasteiger charge is 2.36. The number of carbonyl (C=O) groups excluding carboxylic acids is 1. The van der Waals surface area contributed by atoms with E-state index in [1.165, 1.54) is 0 Å². The van der Waals surface area contributed by atoms with Crippen molar-refractivity contribution in [3.63, 3.8) is 0 Å². The van der Waals surface area contributed by atoms with Gasteiger partial charge in [0, 0.05) is 0 Å². The second-order valence-electron chi connectivity index (χ2n) is 3.50. The fourth-order valence-corrected chi connectivity index (χ4v) is 1.73. The van der Waals surface area contributed by atoms with E-state index in [9.17, 15) is 4.79 Å². The van der Waals surface area contributed by atoms with Crippen LogP contribution in [0.25, 0.3) is 0 Å². The standard InChI is InChI=1S/C10H11N3O/c1-7-8(9(14)13-12-7)10(11)5-3-2-4-6-10/h2-5H,6,11H2,1H3. The third-order valence-electron chi connectivity index (χ3n) is 2.43. The van der Waals surface area contributed by atoms with E-state index in [-0.39, 0.29) is 5.91 Å².